The highest BCUT2D eigenvalue weighted by molar-refractivity contribution is 7.89. The van der Waals surface area contributed by atoms with Crippen molar-refractivity contribution in [3.63, 3.8) is 0 Å². The zero-order chi connectivity index (χ0) is 19.0. The van der Waals surface area contributed by atoms with Crippen LogP contribution in [0.15, 0.2) is 47.4 Å². The van der Waals surface area contributed by atoms with Crippen LogP contribution in [0, 0.1) is 0 Å². The molecule has 2 aliphatic heterocycles. The lowest BCUT2D eigenvalue weighted by molar-refractivity contribution is 0.312. The maximum Gasteiger partial charge on any atom is 0.243 e. The predicted molar refractivity (Wildman–Crippen MR) is 109 cm³/mol. The fourth-order valence-corrected chi connectivity index (χ4v) is 5.38. The summed E-state index contributed by atoms with van der Waals surface area (Å²) in [6.07, 6.45) is 0.740. The van der Waals surface area contributed by atoms with E-state index in [0.29, 0.717) is 23.0 Å². The zero-order valence-corrected chi connectivity index (χ0v) is 17.0. The number of sulfonamides is 1. The van der Waals surface area contributed by atoms with E-state index in [1.165, 1.54) is 11.3 Å². The molecule has 2 aliphatic rings. The molecule has 4 rings (SSSR count). The van der Waals surface area contributed by atoms with Crippen LogP contribution in [0.25, 0.3) is 0 Å². The molecule has 5 nitrogen and oxygen atoms in total. The minimum Gasteiger partial charge on any atom is -0.369 e. The van der Waals surface area contributed by atoms with Crippen LogP contribution in [0.5, 0.6) is 0 Å². The number of rotatable bonds is 3. The van der Waals surface area contributed by atoms with Crippen LogP contribution in [0.2, 0.25) is 5.02 Å². The molecule has 0 unspecified atom stereocenters. The number of fused-ring (bicyclic) bond motifs is 1. The van der Waals surface area contributed by atoms with Crippen molar-refractivity contribution in [1.82, 2.24) is 9.21 Å². The van der Waals surface area contributed by atoms with E-state index in [9.17, 15) is 8.42 Å². The molecule has 0 atom stereocenters. The number of benzene rings is 2. The Balaban J connectivity index is 1.63. The first kappa shape index (κ1) is 18.7. The molecule has 2 aromatic carbocycles. The zero-order valence-electron chi connectivity index (χ0n) is 15.4. The minimum absolute atomic E-state index is 0.299. The molecule has 7 heteroatoms. The summed E-state index contributed by atoms with van der Waals surface area (Å²) in [6.45, 7) is 4.91. The molecule has 2 aromatic rings. The lowest BCUT2D eigenvalue weighted by atomic mass is 9.98. The van der Waals surface area contributed by atoms with Gasteiger partial charge in [0.2, 0.25) is 10.0 Å². The molecule has 0 aromatic heterocycles. The van der Waals surface area contributed by atoms with Gasteiger partial charge in [0.05, 0.1) is 4.90 Å². The number of hydrogen-bond acceptors (Lipinski definition) is 4. The largest absolute Gasteiger partial charge is 0.369 e. The van der Waals surface area contributed by atoms with Crippen molar-refractivity contribution in [3.05, 3.63) is 58.6 Å². The van der Waals surface area contributed by atoms with Gasteiger partial charge in [-0.25, -0.2) is 8.42 Å². The van der Waals surface area contributed by atoms with Crippen LogP contribution in [0.1, 0.15) is 11.1 Å². The molecule has 1 saturated heterocycles. The molecule has 0 radical (unpaired) electrons. The highest BCUT2D eigenvalue weighted by Gasteiger charge is 2.30. The Labute approximate surface area is 166 Å². The summed E-state index contributed by atoms with van der Waals surface area (Å²) in [5.74, 6) is 0. The number of likely N-dealkylation sites (N-methyl/N-ethyl adjacent to an activating group) is 1. The maximum absolute atomic E-state index is 13.1. The van der Waals surface area contributed by atoms with E-state index in [4.69, 9.17) is 11.6 Å². The van der Waals surface area contributed by atoms with Crippen LogP contribution in [0.4, 0.5) is 5.69 Å². The second-order valence-electron chi connectivity index (χ2n) is 7.25. The number of anilines is 1. The minimum atomic E-state index is -3.53. The maximum atomic E-state index is 13.1. The van der Waals surface area contributed by atoms with Crippen LogP contribution >= 0.6 is 11.6 Å². The quantitative estimate of drug-likeness (QED) is 0.787. The van der Waals surface area contributed by atoms with Crippen molar-refractivity contribution >= 4 is 27.3 Å². The summed E-state index contributed by atoms with van der Waals surface area (Å²) in [7, 11) is -1.39. The Morgan fingerprint density at radius 1 is 0.926 bits per heavy atom. The average molecular weight is 406 g/mol. The molecule has 144 valence electrons. The Bertz CT molecular complexity index is 923. The van der Waals surface area contributed by atoms with Crippen LogP contribution in [-0.2, 0) is 23.0 Å². The summed E-state index contributed by atoms with van der Waals surface area (Å²) >= 11 is 5.91. The summed E-state index contributed by atoms with van der Waals surface area (Å²) in [6, 6.07) is 12.8. The fourth-order valence-electron chi connectivity index (χ4n) is 3.84. The van der Waals surface area contributed by atoms with Gasteiger partial charge in [-0.05, 0) is 54.9 Å². The molecule has 27 heavy (non-hydrogen) atoms. The van der Waals surface area contributed by atoms with Gasteiger partial charge in [-0.3, -0.25) is 0 Å². The molecular formula is C20H24ClN3O2S. The van der Waals surface area contributed by atoms with E-state index in [2.05, 4.69) is 35.0 Å². The van der Waals surface area contributed by atoms with Crippen LogP contribution in [0.3, 0.4) is 0 Å². The molecule has 1 fully saturated rings. The van der Waals surface area contributed by atoms with Gasteiger partial charge in [0.15, 0.2) is 0 Å². The van der Waals surface area contributed by atoms with Crippen LogP contribution < -0.4 is 4.90 Å². The number of piperazine rings is 1. The normalized spacial score (nSPS) is 19.1. The lowest BCUT2D eigenvalue weighted by Crippen LogP contribution is -2.45. The highest BCUT2D eigenvalue weighted by atomic mass is 35.5. The molecule has 0 N–H and O–H groups in total. The molecule has 0 bridgehead atoms. The number of nitrogens with zero attached hydrogens (tertiary/aromatic N) is 3. The third kappa shape index (κ3) is 3.72. The van der Waals surface area contributed by atoms with Crippen LogP contribution in [-0.4, -0.2) is 57.4 Å². The predicted octanol–water partition coefficient (Wildman–Crippen LogP) is 2.84. The molecule has 0 saturated carbocycles. The third-order valence-electron chi connectivity index (χ3n) is 5.51. The Morgan fingerprint density at radius 3 is 2.33 bits per heavy atom. The first-order chi connectivity index (χ1) is 12.9. The monoisotopic (exact) mass is 405 g/mol. The van der Waals surface area contributed by atoms with Crippen molar-refractivity contribution in [2.24, 2.45) is 0 Å². The van der Waals surface area contributed by atoms with Crippen molar-refractivity contribution in [2.75, 3.05) is 44.7 Å². The molecule has 2 heterocycles. The van der Waals surface area contributed by atoms with Crippen molar-refractivity contribution in [3.8, 4) is 0 Å². The Hall–Kier alpha value is -1.60. The lowest BCUT2D eigenvalue weighted by Gasteiger charge is -2.37. The van der Waals surface area contributed by atoms with E-state index >= 15 is 0 Å². The van der Waals surface area contributed by atoms with E-state index in [1.807, 2.05) is 0 Å². The van der Waals surface area contributed by atoms with Gasteiger partial charge in [0.1, 0.15) is 0 Å². The standard InChI is InChI=1S/C20H24ClN3O2S/c1-22-11-13-23(14-12-22)20-4-2-3-16-9-10-24(15-19(16)20)27(25,26)18-7-5-17(21)6-8-18/h2-8H,9-15H2,1H3. The summed E-state index contributed by atoms with van der Waals surface area (Å²) in [5, 5.41) is 0.537. The van der Waals surface area contributed by atoms with E-state index < -0.39 is 10.0 Å². The van der Waals surface area contributed by atoms with Gasteiger partial charge in [-0.2, -0.15) is 4.31 Å². The third-order valence-corrected chi connectivity index (χ3v) is 7.62. The van der Waals surface area contributed by atoms with Gasteiger partial charge >= 0.3 is 0 Å². The van der Waals surface area contributed by atoms with Crippen molar-refractivity contribution in [1.29, 1.82) is 0 Å². The van der Waals surface area contributed by atoms with Gasteiger partial charge in [0, 0.05) is 50.0 Å². The SMILES string of the molecule is CN1CCN(c2cccc3c2CN(S(=O)(=O)c2ccc(Cl)cc2)CC3)CC1. The van der Waals surface area contributed by atoms with Gasteiger partial charge in [-0.15, -0.1) is 0 Å². The second-order valence-corrected chi connectivity index (χ2v) is 9.62. The first-order valence-corrected chi connectivity index (χ1v) is 11.1. The second kappa shape index (κ2) is 7.43. The van der Waals surface area contributed by atoms with Crippen molar-refractivity contribution in [2.45, 2.75) is 17.9 Å². The first-order valence-electron chi connectivity index (χ1n) is 9.25. The Morgan fingerprint density at radius 2 is 1.63 bits per heavy atom. The Kier molecular flexibility index (Phi) is 5.16. The summed E-state index contributed by atoms with van der Waals surface area (Å²) < 4.78 is 27.8. The molecule has 0 spiro atoms. The van der Waals surface area contributed by atoms with Crippen molar-refractivity contribution < 1.29 is 8.42 Å². The summed E-state index contributed by atoms with van der Waals surface area (Å²) in [5.41, 5.74) is 3.58. The molecule has 0 aliphatic carbocycles. The molecule has 0 amide bonds. The number of halogens is 1. The smallest absolute Gasteiger partial charge is 0.243 e. The van der Waals surface area contributed by atoms with E-state index in [1.54, 1.807) is 28.6 Å². The number of hydrogen-bond donors (Lipinski definition) is 0. The van der Waals surface area contributed by atoms with E-state index in [-0.39, 0.29) is 0 Å². The average Bonchev–Trinajstić information content (AvgIpc) is 2.68. The van der Waals surface area contributed by atoms with Gasteiger partial charge < -0.3 is 9.80 Å². The topological polar surface area (TPSA) is 43.9 Å². The summed E-state index contributed by atoms with van der Waals surface area (Å²) in [4.78, 5) is 5.01. The van der Waals surface area contributed by atoms with Gasteiger partial charge in [0.25, 0.3) is 0 Å². The van der Waals surface area contributed by atoms with Gasteiger partial charge in [-0.1, -0.05) is 23.7 Å². The van der Waals surface area contributed by atoms with E-state index in [0.717, 1.165) is 38.2 Å². The molecular weight excluding hydrogens is 382 g/mol. The highest BCUT2D eigenvalue weighted by Crippen LogP contribution is 2.32. The fraction of sp³-hybridized carbons (Fsp3) is 0.400.